The second-order valence-electron chi connectivity index (χ2n) is 7.25. The van der Waals surface area contributed by atoms with Crippen molar-refractivity contribution in [2.75, 3.05) is 13.2 Å². The minimum atomic E-state index is -5.08. The summed E-state index contributed by atoms with van der Waals surface area (Å²) in [4.78, 5) is 23.0. The van der Waals surface area contributed by atoms with E-state index in [-0.39, 0.29) is 23.8 Å². The quantitative estimate of drug-likeness (QED) is 0.717. The third-order valence-electron chi connectivity index (χ3n) is 5.10. The highest BCUT2D eigenvalue weighted by Gasteiger charge is 2.47. The fourth-order valence-electron chi connectivity index (χ4n) is 3.27. The lowest BCUT2D eigenvalue weighted by Gasteiger charge is -2.23. The molecule has 11 heteroatoms. The molecule has 1 saturated heterocycles. The second kappa shape index (κ2) is 10.1. The monoisotopic (exact) mass is 438 g/mol. The number of amides is 1. The summed E-state index contributed by atoms with van der Waals surface area (Å²) in [5.74, 6) is -1.76. The molecule has 0 aromatic heterocycles. The highest BCUT2D eigenvalue weighted by Crippen LogP contribution is 2.41. The number of nitriles is 2. The average Bonchev–Trinajstić information content (AvgIpc) is 3.36. The van der Waals surface area contributed by atoms with Gasteiger partial charge < -0.3 is 20.5 Å². The number of hydrogen-bond acceptors (Lipinski definition) is 6. The van der Waals surface area contributed by atoms with Gasteiger partial charge in [-0.15, -0.1) is 0 Å². The molecule has 1 aromatic rings. The number of aliphatic carboxylic acids is 1. The van der Waals surface area contributed by atoms with Gasteiger partial charge in [-0.25, -0.2) is 4.79 Å². The van der Waals surface area contributed by atoms with Crippen molar-refractivity contribution in [3.05, 3.63) is 29.8 Å². The van der Waals surface area contributed by atoms with E-state index in [0.29, 0.717) is 24.5 Å². The second-order valence-corrected chi connectivity index (χ2v) is 7.25. The van der Waals surface area contributed by atoms with Gasteiger partial charge in [-0.3, -0.25) is 4.79 Å². The van der Waals surface area contributed by atoms with Gasteiger partial charge in [0.1, 0.15) is 11.8 Å². The Hall–Kier alpha value is -3.31. The molecule has 2 fully saturated rings. The third-order valence-corrected chi connectivity index (χ3v) is 5.10. The fraction of sp³-hybridized carbons (Fsp3) is 0.500. The average molecular weight is 438 g/mol. The molecular formula is C20H21F3N4O4. The molecule has 0 spiro atoms. The van der Waals surface area contributed by atoms with Gasteiger partial charge in [0.15, 0.2) is 0 Å². The molecule has 1 heterocycles. The standard InChI is InChI=1S/C18H20N4O2.C2HF3O2/c19-9-12-3-5-15(6-4-12)24-11-13-8-16(13)17(21)18(23)22-7-1-2-14(22)10-20;3-2(4,5)1(6)7/h3-6,13-14,16-17H,1-2,7-8,11,21H2;(H,6,7)/t13-,14-,16-,17+;/m0./s1. The van der Waals surface area contributed by atoms with Gasteiger partial charge in [0, 0.05) is 6.54 Å². The summed E-state index contributed by atoms with van der Waals surface area (Å²) in [6.45, 7) is 1.14. The van der Waals surface area contributed by atoms with Gasteiger partial charge in [-0.1, -0.05) is 0 Å². The maximum absolute atomic E-state index is 12.5. The zero-order valence-corrected chi connectivity index (χ0v) is 16.4. The van der Waals surface area contributed by atoms with Gasteiger partial charge in [-0.05, 0) is 55.4 Å². The van der Waals surface area contributed by atoms with Crippen LogP contribution >= 0.6 is 0 Å². The summed E-state index contributed by atoms with van der Waals surface area (Å²) < 4.78 is 37.5. The normalized spacial score (nSPS) is 22.9. The predicted octanol–water partition coefficient (Wildman–Crippen LogP) is 2.05. The lowest BCUT2D eigenvalue weighted by Crippen LogP contribution is -2.47. The number of carboxylic acid groups (broad SMARTS) is 1. The zero-order chi connectivity index (χ0) is 23.2. The molecule has 1 aromatic carbocycles. The minimum Gasteiger partial charge on any atom is -0.493 e. The van der Waals surface area contributed by atoms with Crippen molar-refractivity contribution in [3.63, 3.8) is 0 Å². The number of benzene rings is 1. The molecule has 31 heavy (non-hydrogen) atoms. The molecule has 0 radical (unpaired) electrons. The number of carbonyl (C=O) groups is 2. The minimum absolute atomic E-state index is 0.107. The Morgan fingerprint density at radius 3 is 2.42 bits per heavy atom. The summed E-state index contributed by atoms with van der Waals surface area (Å²) in [5, 5.41) is 25.0. The molecule has 3 rings (SSSR count). The molecule has 8 nitrogen and oxygen atoms in total. The van der Waals surface area contributed by atoms with Crippen LogP contribution in [0.4, 0.5) is 13.2 Å². The SMILES string of the molecule is N#Cc1ccc(OC[C@@H]2C[C@@H]2[C@@H](N)C(=O)N2CCC[C@H]2C#N)cc1.O=C(O)C(F)(F)F. The molecule has 1 saturated carbocycles. The maximum atomic E-state index is 12.5. The number of nitrogens with two attached hydrogens (primary N) is 1. The number of halogens is 3. The van der Waals surface area contributed by atoms with Crippen LogP contribution in [0.15, 0.2) is 24.3 Å². The predicted molar refractivity (Wildman–Crippen MR) is 100 cm³/mol. The van der Waals surface area contributed by atoms with E-state index in [4.69, 9.17) is 30.9 Å². The molecule has 1 aliphatic carbocycles. The van der Waals surface area contributed by atoms with Gasteiger partial charge in [-0.2, -0.15) is 23.7 Å². The Morgan fingerprint density at radius 2 is 1.90 bits per heavy atom. The van der Waals surface area contributed by atoms with E-state index in [1.54, 1.807) is 29.2 Å². The molecule has 2 aliphatic rings. The van der Waals surface area contributed by atoms with Crippen LogP contribution in [0.2, 0.25) is 0 Å². The number of alkyl halides is 3. The summed E-state index contributed by atoms with van der Waals surface area (Å²) in [6.07, 6.45) is -2.61. The van der Waals surface area contributed by atoms with E-state index >= 15 is 0 Å². The molecule has 1 amide bonds. The fourth-order valence-corrected chi connectivity index (χ4v) is 3.27. The molecule has 3 N–H and O–H groups in total. The van der Waals surface area contributed by atoms with E-state index in [2.05, 4.69) is 12.1 Å². The van der Waals surface area contributed by atoms with Crippen LogP contribution in [-0.2, 0) is 9.59 Å². The summed E-state index contributed by atoms with van der Waals surface area (Å²) in [5.41, 5.74) is 6.72. The molecular weight excluding hydrogens is 417 g/mol. The van der Waals surface area contributed by atoms with Crippen LogP contribution in [0.1, 0.15) is 24.8 Å². The van der Waals surface area contributed by atoms with Crippen molar-refractivity contribution in [2.24, 2.45) is 17.6 Å². The van der Waals surface area contributed by atoms with Crippen molar-refractivity contribution in [1.29, 1.82) is 10.5 Å². The van der Waals surface area contributed by atoms with Crippen LogP contribution in [-0.4, -0.2) is 53.3 Å². The van der Waals surface area contributed by atoms with Crippen molar-refractivity contribution < 1.29 is 32.6 Å². The van der Waals surface area contributed by atoms with Gasteiger partial charge >= 0.3 is 12.1 Å². The first kappa shape index (κ1) is 24.0. The molecule has 0 unspecified atom stereocenters. The number of likely N-dealkylation sites (tertiary alicyclic amines) is 1. The summed E-state index contributed by atoms with van der Waals surface area (Å²) in [6, 6.07) is 10.3. The first-order valence-corrected chi connectivity index (χ1v) is 9.47. The highest BCUT2D eigenvalue weighted by molar-refractivity contribution is 5.83. The molecule has 0 bridgehead atoms. The number of nitrogens with zero attached hydrogens (tertiary/aromatic N) is 3. The van der Waals surface area contributed by atoms with Gasteiger partial charge in [0.2, 0.25) is 5.91 Å². The molecule has 1 aliphatic heterocycles. The van der Waals surface area contributed by atoms with Crippen molar-refractivity contribution in [2.45, 2.75) is 37.5 Å². The van der Waals surface area contributed by atoms with Crippen LogP contribution in [0.25, 0.3) is 0 Å². The number of hydrogen-bond donors (Lipinski definition) is 2. The van der Waals surface area contributed by atoms with Crippen LogP contribution in [0, 0.1) is 34.5 Å². The Bertz CT molecular complexity index is 876. The number of carboxylic acids is 1. The van der Waals surface area contributed by atoms with E-state index in [1.807, 2.05) is 0 Å². The molecule has 166 valence electrons. The number of rotatable bonds is 5. The van der Waals surface area contributed by atoms with Gasteiger partial charge in [0.25, 0.3) is 0 Å². The highest BCUT2D eigenvalue weighted by atomic mass is 19.4. The van der Waals surface area contributed by atoms with Crippen molar-refractivity contribution >= 4 is 11.9 Å². The molecule has 4 atom stereocenters. The number of ether oxygens (including phenoxy) is 1. The smallest absolute Gasteiger partial charge is 0.490 e. The van der Waals surface area contributed by atoms with Crippen LogP contribution in [0.5, 0.6) is 5.75 Å². The first-order valence-electron chi connectivity index (χ1n) is 9.47. The lowest BCUT2D eigenvalue weighted by molar-refractivity contribution is -0.192. The van der Waals surface area contributed by atoms with E-state index in [1.165, 1.54) is 0 Å². The van der Waals surface area contributed by atoms with E-state index < -0.39 is 18.2 Å². The van der Waals surface area contributed by atoms with Crippen LogP contribution in [0.3, 0.4) is 0 Å². The van der Waals surface area contributed by atoms with Crippen molar-refractivity contribution in [1.82, 2.24) is 4.90 Å². The topological polar surface area (TPSA) is 140 Å². The Kier molecular flexibility index (Phi) is 7.83. The maximum Gasteiger partial charge on any atom is 0.490 e. The summed E-state index contributed by atoms with van der Waals surface area (Å²) >= 11 is 0. The number of carbonyl (C=O) groups excluding carboxylic acids is 1. The van der Waals surface area contributed by atoms with Crippen LogP contribution < -0.4 is 10.5 Å². The zero-order valence-electron chi connectivity index (χ0n) is 16.4. The Balaban J connectivity index is 0.000000423. The van der Waals surface area contributed by atoms with Crippen molar-refractivity contribution in [3.8, 4) is 17.9 Å². The Morgan fingerprint density at radius 1 is 1.29 bits per heavy atom. The Labute approximate surface area is 176 Å². The lowest BCUT2D eigenvalue weighted by atomic mass is 10.1. The summed E-state index contributed by atoms with van der Waals surface area (Å²) in [7, 11) is 0. The van der Waals surface area contributed by atoms with E-state index in [9.17, 15) is 18.0 Å². The van der Waals surface area contributed by atoms with Gasteiger partial charge in [0.05, 0.1) is 30.4 Å². The third kappa shape index (κ3) is 6.59. The largest absolute Gasteiger partial charge is 0.493 e. The van der Waals surface area contributed by atoms with E-state index in [0.717, 1.165) is 19.3 Å². The first-order chi connectivity index (χ1) is 14.6.